The van der Waals surface area contributed by atoms with E-state index in [1.807, 2.05) is 0 Å². The van der Waals surface area contributed by atoms with Gasteiger partial charge in [0.15, 0.2) is 0 Å². The monoisotopic (exact) mass is 574 g/mol. The van der Waals surface area contributed by atoms with Gasteiger partial charge in [0.2, 0.25) is 20.0 Å². The van der Waals surface area contributed by atoms with Crippen LogP contribution in [0.5, 0.6) is 0 Å². The SMILES string of the molecule is O=C(O)N1CCC(NS(=O)(=O)c2ccc3c(c2)/C(=N/O)c2cc(S(=O)(=O)NC4CC5CCC4C5)ccc2-3)CC1. The van der Waals surface area contributed by atoms with Crippen molar-refractivity contribution < 1.29 is 31.9 Å². The first-order valence-electron chi connectivity index (χ1n) is 13.1. The topological polar surface area (TPSA) is 165 Å². The van der Waals surface area contributed by atoms with E-state index in [1.54, 1.807) is 12.1 Å². The highest BCUT2D eigenvalue weighted by Crippen LogP contribution is 2.45. The van der Waals surface area contributed by atoms with Gasteiger partial charge in [0.25, 0.3) is 0 Å². The van der Waals surface area contributed by atoms with E-state index in [0.29, 0.717) is 46.9 Å². The molecule has 0 radical (unpaired) electrons. The summed E-state index contributed by atoms with van der Waals surface area (Å²) in [5.41, 5.74) is 2.17. The Hall–Kier alpha value is -3.00. The largest absolute Gasteiger partial charge is 0.465 e. The van der Waals surface area contributed by atoms with Crippen LogP contribution in [-0.4, -0.2) is 69.0 Å². The van der Waals surface area contributed by atoms with Gasteiger partial charge in [0, 0.05) is 36.3 Å². The average Bonchev–Trinajstić information content (AvgIpc) is 3.60. The first kappa shape index (κ1) is 26.2. The summed E-state index contributed by atoms with van der Waals surface area (Å²) in [5.74, 6) is 0.958. The van der Waals surface area contributed by atoms with E-state index in [9.17, 15) is 26.8 Å². The summed E-state index contributed by atoms with van der Waals surface area (Å²) in [6.45, 7) is 0.483. The highest BCUT2D eigenvalue weighted by Gasteiger charge is 2.41. The molecule has 13 heteroatoms. The molecule has 4 N–H and O–H groups in total. The maximum absolute atomic E-state index is 13.2. The molecule has 0 aromatic heterocycles. The zero-order valence-electron chi connectivity index (χ0n) is 21.1. The number of carboxylic acid groups (broad SMARTS) is 1. The van der Waals surface area contributed by atoms with E-state index < -0.39 is 32.2 Å². The molecule has 6 rings (SSSR count). The number of amides is 1. The Balaban J connectivity index is 1.24. The first-order valence-corrected chi connectivity index (χ1v) is 16.1. The van der Waals surface area contributed by atoms with Gasteiger partial charge in [-0.1, -0.05) is 23.7 Å². The Bertz CT molecular complexity index is 1580. The Morgan fingerprint density at radius 3 is 1.90 bits per heavy atom. The minimum absolute atomic E-state index is 0.0262. The van der Waals surface area contributed by atoms with Gasteiger partial charge in [0.1, 0.15) is 5.71 Å². The number of carbonyl (C=O) groups is 1. The van der Waals surface area contributed by atoms with Crippen molar-refractivity contribution in [3.8, 4) is 11.1 Å². The lowest BCUT2D eigenvalue weighted by Crippen LogP contribution is -2.46. The number of sulfonamides is 2. The molecule has 2 aromatic carbocycles. The van der Waals surface area contributed by atoms with Crippen molar-refractivity contribution in [3.63, 3.8) is 0 Å². The lowest BCUT2D eigenvalue weighted by molar-refractivity contribution is 0.131. The summed E-state index contributed by atoms with van der Waals surface area (Å²) in [6, 6.07) is 8.68. The second-order valence-electron chi connectivity index (χ2n) is 10.9. The number of hydrogen-bond donors (Lipinski definition) is 4. The Labute approximate surface area is 227 Å². The van der Waals surface area contributed by atoms with Crippen molar-refractivity contribution in [2.75, 3.05) is 13.1 Å². The minimum atomic E-state index is -3.95. The number of rotatable bonds is 6. The molecule has 3 fully saturated rings. The third-order valence-corrected chi connectivity index (χ3v) is 11.6. The smallest absolute Gasteiger partial charge is 0.407 e. The third-order valence-electron chi connectivity index (χ3n) is 8.63. The van der Waals surface area contributed by atoms with Crippen LogP contribution >= 0.6 is 0 Å². The molecule has 39 heavy (non-hydrogen) atoms. The van der Waals surface area contributed by atoms with E-state index in [-0.39, 0.29) is 34.6 Å². The van der Waals surface area contributed by atoms with Crippen molar-refractivity contribution in [1.29, 1.82) is 0 Å². The molecule has 1 saturated heterocycles. The standard InChI is InChI=1S/C26H30N4O7S2/c31-26(32)30-9-7-17(8-10-30)28-38(34,35)18-3-5-20-21-6-4-19(14-23(21)25(27-33)22(20)13-18)39(36,37)29-24-12-15-1-2-16(24)11-15/h3-6,13-17,24,28-29,33H,1-2,7-12H2,(H,31,32)/b27-25-. The number of likely N-dealkylation sites (tertiary alicyclic amines) is 1. The lowest BCUT2D eigenvalue weighted by Gasteiger charge is -2.30. The Morgan fingerprint density at radius 1 is 0.821 bits per heavy atom. The zero-order chi connectivity index (χ0) is 27.5. The van der Waals surface area contributed by atoms with Crippen LogP contribution in [0.2, 0.25) is 0 Å². The van der Waals surface area contributed by atoms with Crippen LogP contribution in [0.1, 0.15) is 49.7 Å². The van der Waals surface area contributed by atoms with Crippen LogP contribution < -0.4 is 9.44 Å². The van der Waals surface area contributed by atoms with E-state index in [0.717, 1.165) is 25.7 Å². The number of benzene rings is 2. The Kier molecular flexibility index (Phi) is 6.44. The zero-order valence-corrected chi connectivity index (χ0v) is 22.7. The molecule has 3 atom stereocenters. The molecule has 4 aliphatic rings. The highest BCUT2D eigenvalue weighted by molar-refractivity contribution is 7.89. The third kappa shape index (κ3) is 4.71. The Morgan fingerprint density at radius 2 is 1.41 bits per heavy atom. The molecule has 1 heterocycles. The van der Waals surface area contributed by atoms with Crippen molar-refractivity contribution in [2.24, 2.45) is 17.0 Å². The van der Waals surface area contributed by atoms with Gasteiger partial charge in [-0.15, -0.1) is 0 Å². The van der Waals surface area contributed by atoms with Crippen LogP contribution in [-0.2, 0) is 20.0 Å². The van der Waals surface area contributed by atoms with Crippen molar-refractivity contribution >= 4 is 31.9 Å². The van der Waals surface area contributed by atoms with Crippen LogP contribution in [0.3, 0.4) is 0 Å². The number of hydrogen-bond acceptors (Lipinski definition) is 7. The van der Waals surface area contributed by atoms with Gasteiger partial charge in [-0.2, -0.15) is 0 Å². The summed E-state index contributed by atoms with van der Waals surface area (Å²) in [5, 5.41) is 22.4. The fourth-order valence-corrected chi connectivity index (χ4v) is 9.30. The van der Waals surface area contributed by atoms with Crippen LogP contribution in [0.25, 0.3) is 11.1 Å². The molecule has 3 aliphatic carbocycles. The molecular formula is C26H30N4O7S2. The number of piperidine rings is 1. The predicted molar refractivity (Wildman–Crippen MR) is 142 cm³/mol. The molecule has 3 unspecified atom stereocenters. The normalized spacial score (nSPS) is 25.7. The summed E-state index contributed by atoms with van der Waals surface area (Å²) < 4.78 is 58.3. The fourth-order valence-electron chi connectivity index (χ4n) is 6.63. The second kappa shape index (κ2) is 9.58. The molecule has 1 amide bonds. The summed E-state index contributed by atoms with van der Waals surface area (Å²) >= 11 is 0. The van der Waals surface area contributed by atoms with Crippen LogP contribution in [0.4, 0.5) is 4.79 Å². The van der Waals surface area contributed by atoms with E-state index >= 15 is 0 Å². The molecule has 208 valence electrons. The van der Waals surface area contributed by atoms with Crippen molar-refractivity contribution in [2.45, 2.75) is 60.4 Å². The maximum atomic E-state index is 13.2. The number of oxime groups is 1. The predicted octanol–water partition coefficient (Wildman–Crippen LogP) is 2.78. The molecule has 2 aromatic rings. The van der Waals surface area contributed by atoms with Gasteiger partial charge in [-0.25, -0.2) is 31.1 Å². The van der Waals surface area contributed by atoms with Gasteiger partial charge in [0.05, 0.1) is 9.79 Å². The second-order valence-corrected chi connectivity index (χ2v) is 14.4. The van der Waals surface area contributed by atoms with Crippen molar-refractivity contribution in [3.05, 3.63) is 47.5 Å². The summed E-state index contributed by atoms with van der Waals surface area (Å²) in [4.78, 5) is 12.4. The molecular weight excluding hydrogens is 544 g/mol. The van der Waals surface area contributed by atoms with Crippen molar-refractivity contribution in [1.82, 2.24) is 14.3 Å². The number of nitrogens with zero attached hydrogens (tertiary/aromatic N) is 2. The molecule has 1 aliphatic heterocycles. The molecule has 11 nitrogen and oxygen atoms in total. The van der Waals surface area contributed by atoms with E-state index in [1.165, 1.54) is 29.2 Å². The van der Waals surface area contributed by atoms with Gasteiger partial charge < -0.3 is 15.2 Å². The number of nitrogens with one attached hydrogen (secondary N) is 2. The van der Waals surface area contributed by atoms with Crippen LogP contribution in [0, 0.1) is 11.8 Å². The minimum Gasteiger partial charge on any atom is -0.465 e. The average molecular weight is 575 g/mol. The quantitative estimate of drug-likeness (QED) is 0.260. The fraction of sp³-hybridized carbons (Fsp3) is 0.462. The van der Waals surface area contributed by atoms with Crippen LogP contribution in [0.15, 0.2) is 51.3 Å². The molecule has 0 spiro atoms. The highest BCUT2D eigenvalue weighted by atomic mass is 32.2. The van der Waals surface area contributed by atoms with Gasteiger partial charge in [-0.3, -0.25) is 0 Å². The molecule has 2 bridgehead atoms. The maximum Gasteiger partial charge on any atom is 0.407 e. The molecule has 2 saturated carbocycles. The summed E-state index contributed by atoms with van der Waals surface area (Å²) in [6.07, 6.45) is 3.82. The van der Waals surface area contributed by atoms with Gasteiger partial charge >= 0.3 is 6.09 Å². The van der Waals surface area contributed by atoms with E-state index in [4.69, 9.17) is 5.11 Å². The number of fused-ring (bicyclic) bond motifs is 5. The summed E-state index contributed by atoms with van der Waals surface area (Å²) in [7, 11) is -7.74. The van der Waals surface area contributed by atoms with E-state index in [2.05, 4.69) is 14.6 Å². The first-order chi connectivity index (χ1) is 18.6. The van der Waals surface area contributed by atoms with Gasteiger partial charge in [-0.05, 0) is 79.3 Å². The lowest BCUT2D eigenvalue weighted by atomic mass is 9.96.